The molecule has 0 aliphatic carbocycles. The van der Waals surface area contributed by atoms with Crippen LogP contribution in [0.25, 0.3) is 6.08 Å². The number of rotatable bonds is 8. The number of hydrogen-bond donors (Lipinski definition) is 0. The Morgan fingerprint density at radius 2 is 2.18 bits per heavy atom. The summed E-state index contributed by atoms with van der Waals surface area (Å²) in [5, 5.41) is 0. The Morgan fingerprint density at radius 1 is 1.35 bits per heavy atom. The molecule has 0 radical (unpaired) electrons. The van der Waals surface area contributed by atoms with E-state index in [1.807, 2.05) is 30.3 Å². The molecule has 0 aromatic heterocycles. The first-order chi connectivity index (χ1) is 8.30. The number of unbranched alkanes of at least 4 members (excludes halogenated alkanes) is 1. The van der Waals surface area contributed by atoms with Crippen molar-refractivity contribution in [3.8, 4) is 5.75 Å². The Bertz CT molecular complexity index is 333. The van der Waals surface area contributed by atoms with E-state index in [4.69, 9.17) is 9.47 Å². The molecule has 1 aromatic carbocycles. The first-order valence-corrected chi connectivity index (χ1v) is 6.30. The maximum Gasteiger partial charge on any atom is 0.199 e. The first kappa shape index (κ1) is 13.8. The van der Waals surface area contributed by atoms with E-state index >= 15 is 0 Å². The molecule has 1 rings (SSSR count). The van der Waals surface area contributed by atoms with Crippen LogP contribution in [0.5, 0.6) is 5.75 Å². The quantitative estimate of drug-likeness (QED) is 0.494. The summed E-state index contributed by atoms with van der Waals surface area (Å²) in [6, 6.07) is 7.88. The second kappa shape index (κ2) is 7.91. The van der Waals surface area contributed by atoms with E-state index in [0.29, 0.717) is 0 Å². The van der Waals surface area contributed by atoms with Gasteiger partial charge in [-0.15, -0.1) is 0 Å². The molecular weight excluding hydrogens is 212 g/mol. The predicted molar refractivity (Wildman–Crippen MR) is 72.1 cm³/mol. The summed E-state index contributed by atoms with van der Waals surface area (Å²) in [6.45, 7) is 8.72. The molecule has 0 saturated heterocycles. The fraction of sp³-hybridized carbons (Fsp3) is 0.467. The topological polar surface area (TPSA) is 18.5 Å². The highest BCUT2D eigenvalue weighted by Gasteiger charge is 2.07. The summed E-state index contributed by atoms with van der Waals surface area (Å²) in [7, 11) is 0. The maximum absolute atomic E-state index is 5.78. The molecule has 1 aromatic rings. The van der Waals surface area contributed by atoms with Gasteiger partial charge in [-0.2, -0.15) is 0 Å². The van der Waals surface area contributed by atoms with Crippen molar-refractivity contribution in [1.29, 1.82) is 0 Å². The van der Waals surface area contributed by atoms with Gasteiger partial charge in [-0.3, -0.25) is 0 Å². The molecule has 0 aliphatic heterocycles. The highest BCUT2D eigenvalue weighted by Crippen LogP contribution is 2.17. The third-order valence-electron chi connectivity index (χ3n) is 2.50. The third-order valence-corrected chi connectivity index (χ3v) is 2.50. The Labute approximate surface area is 104 Å². The van der Waals surface area contributed by atoms with Gasteiger partial charge in [0.25, 0.3) is 0 Å². The van der Waals surface area contributed by atoms with Gasteiger partial charge >= 0.3 is 0 Å². The van der Waals surface area contributed by atoms with Crippen molar-refractivity contribution in [2.45, 2.75) is 39.4 Å². The van der Waals surface area contributed by atoms with Crippen LogP contribution in [0, 0.1) is 0 Å². The van der Waals surface area contributed by atoms with Crippen molar-refractivity contribution >= 4 is 6.08 Å². The van der Waals surface area contributed by atoms with Gasteiger partial charge in [-0.1, -0.05) is 45.1 Å². The summed E-state index contributed by atoms with van der Waals surface area (Å²) in [5.41, 5.74) is 1.06. The SMILES string of the molecule is C=Cc1cccc(OC(CC)OCCCC)c1. The average Bonchev–Trinajstić information content (AvgIpc) is 2.38. The molecule has 0 fully saturated rings. The summed E-state index contributed by atoms with van der Waals surface area (Å²) in [5.74, 6) is 0.839. The van der Waals surface area contributed by atoms with E-state index in [0.717, 1.165) is 37.2 Å². The molecule has 17 heavy (non-hydrogen) atoms. The van der Waals surface area contributed by atoms with Crippen molar-refractivity contribution in [3.63, 3.8) is 0 Å². The minimum absolute atomic E-state index is 0.151. The zero-order chi connectivity index (χ0) is 12.5. The normalized spacial score (nSPS) is 12.1. The molecular formula is C15H22O2. The second-order valence-electron chi connectivity index (χ2n) is 3.96. The standard InChI is InChI=1S/C15H22O2/c1-4-7-11-16-15(6-3)17-14-10-8-9-13(5-2)12-14/h5,8-10,12,15H,2,4,6-7,11H2,1,3H3. The van der Waals surface area contributed by atoms with Gasteiger partial charge < -0.3 is 9.47 Å². The fourth-order valence-electron chi connectivity index (χ4n) is 1.46. The largest absolute Gasteiger partial charge is 0.465 e. The lowest BCUT2D eigenvalue weighted by molar-refractivity contribution is -0.0822. The van der Waals surface area contributed by atoms with E-state index < -0.39 is 0 Å². The molecule has 1 unspecified atom stereocenters. The molecule has 0 aliphatic rings. The zero-order valence-corrected chi connectivity index (χ0v) is 10.8. The van der Waals surface area contributed by atoms with Crippen molar-refractivity contribution in [2.75, 3.05) is 6.61 Å². The van der Waals surface area contributed by atoms with Crippen LogP contribution in [0.4, 0.5) is 0 Å². The van der Waals surface area contributed by atoms with Crippen molar-refractivity contribution in [2.24, 2.45) is 0 Å². The lowest BCUT2D eigenvalue weighted by Crippen LogP contribution is -2.20. The van der Waals surface area contributed by atoms with Crippen LogP contribution in [0.15, 0.2) is 30.8 Å². The molecule has 0 saturated carbocycles. The molecule has 2 nitrogen and oxygen atoms in total. The van der Waals surface area contributed by atoms with Crippen LogP contribution in [-0.4, -0.2) is 12.9 Å². The highest BCUT2D eigenvalue weighted by atomic mass is 16.7. The van der Waals surface area contributed by atoms with Gasteiger partial charge in [0.15, 0.2) is 6.29 Å². The van der Waals surface area contributed by atoms with Crippen LogP contribution in [0.1, 0.15) is 38.7 Å². The van der Waals surface area contributed by atoms with E-state index in [9.17, 15) is 0 Å². The van der Waals surface area contributed by atoms with Crippen LogP contribution in [0.2, 0.25) is 0 Å². The molecule has 1 atom stereocenters. The Morgan fingerprint density at radius 3 is 2.82 bits per heavy atom. The molecule has 0 N–H and O–H groups in total. The van der Waals surface area contributed by atoms with Gasteiger partial charge in [0.05, 0.1) is 6.61 Å². The van der Waals surface area contributed by atoms with Crippen LogP contribution >= 0.6 is 0 Å². The molecule has 94 valence electrons. The van der Waals surface area contributed by atoms with Gasteiger partial charge in [-0.25, -0.2) is 0 Å². The van der Waals surface area contributed by atoms with Crippen LogP contribution in [-0.2, 0) is 4.74 Å². The van der Waals surface area contributed by atoms with E-state index in [1.165, 1.54) is 0 Å². The summed E-state index contributed by atoms with van der Waals surface area (Å²) in [4.78, 5) is 0. The minimum Gasteiger partial charge on any atom is -0.465 e. The van der Waals surface area contributed by atoms with Crippen molar-refractivity contribution < 1.29 is 9.47 Å². The average molecular weight is 234 g/mol. The Kier molecular flexibility index (Phi) is 6.41. The molecule has 0 amide bonds. The Hall–Kier alpha value is -1.28. The second-order valence-corrected chi connectivity index (χ2v) is 3.96. The molecule has 0 spiro atoms. The lowest BCUT2D eigenvalue weighted by Gasteiger charge is -2.18. The highest BCUT2D eigenvalue weighted by molar-refractivity contribution is 5.49. The van der Waals surface area contributed by atoms with Gasteiger partial charge in [0.1, 0.15) is 5.75 Å². The van der Waals surface area contributed by atoms with Crippen molar-refractivity contribution in [3.05, 3.63) is 36.4 Å². The smallest absolute Gasteiger partial charge is 0.199 e. The Balaban J connectivity index is 2.51. The molecule has 0 heterocycles. The van der Waals surface area contributed by atoms with Gasteiger partial charge in [-0.05, 0) is 24.1 Å². The number of hydrogen-bond acceptors (Lipinski definition) is 2. The lowest BCUT2D eigenvalue weighted by atomic mass is 10.2. The summed E-state index contributed by atoms with van der Waals surface area (Å²) in [6.07, 6.45) is 4.73. The number of ether oxygens (including phenoxy) is 2. The van der Waals surface area contributed by atoms with Crippen LogP contribution < -0.4 is 4.74 Å². The maximum atomic E-state index is 5.78. The van der Waals surface area contributed by atoms with Crippen molar-refractivity contribution in [1.82, 2.24) is 0 Å². The third kappa shape index (κ3) is 5.05. The van der Waals surface area contributed by atoms with Gasteiger partial charge in [0.2, 0.25) is 0 Å². The van der Waals surface area contributed by atoms with Crippen LogP contribution in [0.3, 0.4) is 0 Å². The van der Waals surface area contributed by atoms with E-state index in [-0.39, 0.29) is 6.29 Å². The number of benzene rings is 1. The first-order valence-electron chi connectivity index (χ1n) is 6.30. The minimum atomic E-state index is -0.151. The fourth-order valence-corrected chi connectivity index (χ4v) is 1.46. The van der Waals surface area contributed by atoms with E-state index in [1.54, 1.807) is 0 Å². The molecule has 0 bridgehead atoms. The molecule has 2 heteroatoms. The zero-order valence-electron chi connectivity index (χ0n) is 10.8. The summed E-state index contributed by atoms with van der Waals surface area (Å²) >= 11 is 0. The predicted octanol–water partition coefficient (Wildman–Crippen LogP) is 4.26. The summed E-state index contributed by atoms with van der Waals surface area (Å²) < 4.78 is 11.4. The van der Waals surface area contributed by atoms with Gasteiger partial charge in [0, 0.05) is 6.42 Å². The van der Waals surface area contributed by atoms with E-state index in [2.05, 4.69) is 20.4 Å². The monoisotopic (exact) mass is 234 g/mol.